The quantitative estimate of drug-likeness (QED) is 0.654. The second kappa shape index (κ2) is 4.09. The van der Waals surface area contributed by atoms with Gasteiger partial charge >= 0.3 is 0 Å². The summed E-state index contributed by atoms with van der Waals surface area (Å²) in [4.78, 5) is 16.9. The van der Waals surface area contributed by atoms with Crippen molar-refractivity contribution in [2.75, 3.05) is 13.1 Å². The summed E-state index contributed by atoms with van der Waals surface area (Å²) >= 11 is 0. The Balaban J connectivity index is 1.74. The van der Waals surface area contributed by atoms with Crippen LogP contribution >= 0.6 is 0 Å². The van der Waals surface area contributed by atoms with E-state index in [4.69, 9.17) is 0 Å². The Kier molecular flexibility index (Phi) is 2.51. The maximum atomic E-state index is 12.1. The fourth-order valence-corrected chi connectivity index (χ4v) is 4.72. The van der Waals surface area contributed by atoms with Crippen LogP contribution in [-0.2, 0) is 4.79 Å². The zero-order valence-electron chi connectivity index (χ0n) is 11.0. The molecule has 0 aromatic carbocycles. The Morgan fingerprint density at radius 1 is 1.06 bits per heavy atom. The molecule has 0 unspecified atom stereocenters. The fraction of sp³-hybridized carbons (Fsp3) is 0.800. The van der Waals surface area contributed by atoms with Crippen molar-refractivity contribution in [2.45, 2.75) is 57.0 Å². The number of carbonyl (C=O) groups excluding carboxylic acids is 1. The number of rotatable bonds is 0. The van der Waals surface area contributed by atoms with Crippen LogP contribution in [-0.4, -0.2) is 40.9 Å². The molecular weight excluding hydrogens is 224 g/mol. The molecule has 0 bridgehead atoms. The highest BCUT2D eigenvalue weighted by atomic mass is 16.2. The predicted molar refractivity (Wildman–Crippen MR) is 69.9 cm³/mol. The van der Waals surface area contributed by atoms with Gasteiger partial charge in [-0.15, -0.1) is 0 Å². The van der Waals surface area contributed by atoms with Gasteiger partial charge in [-0.3, -0.25) is 9.69 Å². The normalized spacial score (nSPS) is 40.0. The average molecular weight is 246 g/mol. The first kappa shape index (κ1) is 11.0. The van der Waals surface area contributed by atoms with E-state index in [1.165, 1.54) is 45.2 Å². The number of nitrogens with zero attached hydrogens (tertiary/aromatic N) is 2. The topological polar surface area (TPSA) is 23.6 Å². The maximum Gasteiger partial charge on any atom is 0.226 e. The molecule has 0 spiro atoms. The lowest BCUT2D eigenvalue weighted by Crippen LogP contribution is -2.60. The summed E-state index contributed by atoms with van der Waals surface area (Å²) in [7, 11) is 0. The molecule has 3 fully saturated rings. The zero-order chi connectivity index (χ0) is 12.1. The lowest BCUT2D eigenvalue weighted by atomic mass is 9.72. The number of hydrogen-bond acceptors (Lipinski definition) is 2. The molecule has 3 atom stereocenters. The van der Waals surface area contributed by atoms with Crippen LogP contribution in [0.1, 0.15) is 44.9 Å². The standard InChI is InChI=1S/C15H22N2O/c18-14-7-1-6-13-12-5-3-9-16-8-2-4-11(15(12)16)10-17(13)14/h10,12-13,15H,1-9H2/t12-,13+,15+/m1/s1. The van der Waals surface area contributed by atoms with Crippen LogP contribution in [0.2, 0.25) is 0 Å². The van der Waals surface area contributed by atoms with E-state index in [9.17, 15) is 4.79 Å². The predicted octanol–water partition coefficient (Wildman–Crippen LogP) is 2.14. The van der Waals surface area contributed by atoms with E-state index in [0.717, 1.165) is 18.8 Å². The molecule has 0 saturated carbocycles. The van der Waals surface area contributed by atoms with Crippen molar-refractivity contribution in [1.82, 2.24) is 9.80 Å². The molecule has 4 aliphatic heterocycles. The van der Waals surface area contributed by atoms with E-state index in [2.05, 4.69) is 16.0 Å². The molecule has 18 heavy (non-hydrogen) atoms. The van der Waals surface area contributed by atoms with Crippen molar-refractivity contribution in [3.05, 3.63) is 11.8 Å². The molecule has 4 rings (SSSR count). The summed E-state index contributed by atoms with van der Waals surface area (Å²) in [5, 5.41) is 0. The van der Waals surface area contributed by atoms with E-state index >= 15 is 0 Å². The van der Waals surface area contributed by atoms with Gasteiger partial charge in [0.25, 0.3) is 0 Å². The van der Waals surface area contributed by atoms with Gasteiger partial charge in [-0.05, 0) is 63.1 Å². The minimum atomic E-state index is 0.375. The second-order valence-electron chi connectivity index (χ2n) is 6.36. The molecule has 98 valence electrons. The molecule has 0 aliphatic carbocycles. The van der Waals surface area contributed by atoms with Gasteiger partial charge < -0.3 is 4.90 Å². The van der Waals surface area contributed by atoms with E-state index in [-0.39, 0.29) is 0 Å². The highest BCUT2D eigenvalue weighted by molar-refractivity contribution is 5.78. The molecule has 4 aliphatic rings. The van der Waals surface area contributed by atoms with Crippen molar-refractivity contribution in [1.29, 1.82) is 0 Å². The third-order valence-electron chi connectivity index (χ3n) is 5.41. The first-order chi connectivity index (χ1) is 8.84. The van der Waals surface area contributed by atoms with Crippen LogP contribution in [0.15, 0.2) is 11.8 Å². The molecule has 0 N–H and O–H groups in total. The van der Waals surface area contributed by atoms with Crippen LogP contribution in [0.5, 0.6) is 0 Å². The van der Waals surface area contributed by atoms with Crippen molar-refractivity contribution in [3.8, 4) is 0 Å². The van der Waals surface area contributed by atoms with Gasteiger partial charge in [0.15, 0.2) is 0 Å². The Hall–Kier alpha value is -0.830. The van der Waals surface area contributed by atoms with E-state index in [1.54, 1.807) is 5.57 Å². The molecule has 4 heterocycles. The Morgan fingerprint density at radius 2 is 1.94 bits per heavy atom. The minimum Gasteiger partial charge on any atom is -0.316 e. The first-order valence-corrected chi connectivity index (χ1v) is 7.60. The van der Waals surface area contributed by atoms with Gasteiger partial charge in [0, 0.05) is 24.7 Å². The van der Waals surface area contributed by atoms with Crippen LogP contribution < -0.4 is 0 Å². The smallest absolute Gasteiger partial charge is 0.226 e. The van der Waals surface area contributed by atoms with Crippen LogP contribution in [0, 0.1) is 5.92 Å². The number of piperidine rings is 3. The summed E-state index contributed by atoms with van der Waals surface area (Å²) in [6.07, 6.45) is 10.5. The Labute approximate surface area is 109 Å². The summed E-state index contributed by atoms with van der Waals surface area (Å²) in [5.41, 5.74) is 1.55. The van der Waals surface area contributed by atoms with Gasteiger partial charge in [-0.1, -0.05) is 0 Å². The number of carbonyl (C=O) groups is 1. The Morgan fingerprint density at radius 3 is 2.89 bits per heavy atom. The largest absolute Gasteiger partial charge is 0.316 e. The molecule has 1 amide bonds. The van der Waals surface area contributed by atoms with Crippen molar-refractivity contribution >= 4 is 5.91 Å². The number of fused-ring (bicyclic) bond motifs is 2. The van der Waals surface area contributed by atoms with E-state index in [1.807, 2.05) is 0 Å². The second-order valence-corrected chi connectivity index (χ2v) is 6.36. The average Bonchev–Trinajstić information content (AvgIpc) is 2.41. The summed E-state index contributed by atoms with van der Waals surface area (Å²) in [5.74, 6) is 1.10. The molecule has 3 nitrogen and oxygen atoms in total. The zero-order valence-corrected chi connectivity index (χ0v) is 11.0. The first-order valence-electron chi connectivity index (χ1n) is 7.60. The molecule has 0 aromatic rings. The molecule has 0 aromatic heterocycles. The SMILES string of the molecule is O=C1CCC[C@H]2[C@H]3CCCN4CCCC(=CN12)[C@@H]34. The van der Waals surface area contributed by atoms with Gasteiger partial charge in [0.05, 0.1) is 0 Å². The van der Waals surface area contributed by atoms with Crippen molar-refractivity contribution < 1.29 is 4.79 Å². The minimum absolute atomic E-state index is 0.375. The van der Waals surface area contributed by atoms with Crippen molar-refractivity contribution in [2.24, 2.45) is 5.92 Å². The fourth-order valence-electron chi connectivity index (χ4n) is 4.72. The van der Waals surface area contributed by atoms with Gasteiger partial charge in [0.1, 0.15) is 0 Å². The monoisotopic (exact) mass is 246 g/mol. The Bertz CT molecular complexity index is 401. The lowest BCUT2D eigenvalue weighted by Gasteiger charge is -2.54. The van der Waals surface area contributed by atoms with E-state index < -0.39 is 0 Å². The number of amides is 1. The maximum absolute atomic E-state index is 12.1. The van der Waals surface area contributed by atoms with Crippen LogP contribution in [0.25, 0.3) is 0 Å². The highest BCUT2D eigenvalue weighted by Gasteiger charge is 2.46. The molecular formula is C15H22N2O. The highest BCUT2D eigenvalue weighted by Crippen LogP contribution is 2.43. The van der Waals surface area contributed by atoms with Crippen molar-refractivity contribution in [3.63, 3.8) is 0 Å². The lowest BCUT2D eigenvalue weighted by molar-refractivity contribution is -0.136. The van der Waals surface area contributed by atoms with Gasteiger partial charge in [0.2, 0.25) is 5.91 Å². The third kappa shape index (κ3) is 1.49. The van der Waals surface area contributed by atoms with Crippen LogP contribution in [0.4, 0.5) is 0 Å². The van der Waals surface area contributed by atoms with Gasteiger partial charge in [-0.2, -0.15) is 0 Å². The van der Waals surface area contributed by atoms with E-state index in [0.29, 0.717) is 18.0 Å². The summed E-state index contributed by atoms with van der Waals surface area (Å²) in [6.45, 7) is 2.55. The third-order valence-corrected chi connectivity index (χ3v) is 5.41. The summed E-state index contributed by atoms with van der Waals surface area (Å²) in [6, 6.07) is 1.19. The van der Waals surface area contributed by atoms with Crippen LogP contribution in [0.3, 0.4) is 0 Å². The van der Waals surface area contributed by atoms with Gasteiger partial charge in [-0.25, -0.2) is 0 Å². The molecule has 0 radical (unpaired) electrons. The summed E-state index contributed by atoms with van der Waals surface area (Å²) < 4.78 is 0. The number of hydrogen-bond donors (Lipinski definition) is 0. The molecule has 3 saturated heterocycles. The molecule has 3 heteroatoms.